The van der Waals surface area contributed by atoms with E-state index in [1.165, 1.54) is 31.4 Å². The lowest BCUT2D eigenvalue weighted by Crippen LogP contribution is -2.32. The van der Waals surface area contributed by atoms with Gasteiger partial charge in [-0.25, -0.2) is 10.2 Å². The minimum atomic E-state index is -0.993. The Labute approximate surface area is 215 Å². The highest BCUT2D eigenvalue weighted by Crippen LogP contribution is 2.30. The normalized spacial score (nSPS) is 10.9. The molecule has 2 N–H and O–H groups in total. The molecule has 8 nitrogen and oxygen atoms in total. The Morgan fingerprint density at radius 1 is 0.829 bits per heavy atom. The molecule has 0 aliphatic carbocycles. The van der Waals surface area contributed by atoms with Gasteiger partial charge in [0.15, 0.2) is 11.5 Å². The van der Waals surface area contributed by atoms with Crippen molar-refractivity contribution in [2.45, 2.75) is 6.92 Å². The summed E-state index contributed by atoms with van der Waals surface area (Å²) in [6.45, 7) is 1.61. The summed E-state index contributed by atoms with van der Waals surface area (Å²) >= 11 is 17.8. The van der Waals surface area contributed by atoms with E-state index in [1.807, 2.05) is 0 Å². The molecule has 3 aromatic rings. The number of methoxy groups -OCH3 is 1. The number of rotatable bonds is 6. The number of hydrogen-bond acceptors (Lipinski definition) is 6. The fourth-order valence-electron chi connectivity index (χ4n) is 2.77. The van der Waals surface area contributed by atoms with Gasteiger partial charge in [0.1, 0.15) is 0 Å². The van der Waals surface area contributed by atoms with Crippen molar-refractivity contribution in [2.24, 2.45) is 5.10 Å². The zero-order valence-electron chi connectivity index (χ0n) is 18.4. The van der Waals surface area contributed by atoms with Crippen LogP contribution in [-0.4, -0.2) is 30.6 Å². The number of carbonyl (C=O) groups is 3. The van der Waals surface area contributed by atoms with Gasteiger partial charge in [0.2, 0.25) is 0 Å². The largest absolute Gasteiger partial charge is 0.493 e. The summed E-state index contributed by atoms with van der Waals surface area (Å²) in [6.07, 6.45) is 0. The number of carbonyl (C=O) groups excluding carboxylic acids is 3. The van der Waals surface area contributed by atoms with Crippen molar-refractivity contribution in [3.8, 4) is 11.5 Å². The van der Waals surface area contributed by atoms with Gasteiger partial charge in [-0.3, -0.25) is 9.59 Å². The van der Waals surface area contributed by atoms with E-state index >= 15 is 0 Å². The number of halogens is 3. The number of nitrogens with one attached hydrogen (secondary N) is 2. The monoisotopic (exact) mass is 533 g/mol. The second kappa shape index (κ2) is 11.7. The molecule has 0 saturated carbocycles. The first-order valence-corrected chi connectivity index (χ1v) is 11.1. The van der Waals surface area contributed by atoms with E-state index in [0.717, 1.165) is 0 Å². The molecule has 180 valence electrons. The average molecular weight is 535 g/mol. The summed E-state index contributed by atoms with van der Waals surface area (Å²) in [5, 5.41) is 7.14. The van der Waals surface area contributed by atoms with Crippen LogP contribution in [0.5, 0.6) is 11.5 Å². The quantitative estimate of drug-likeness (QED) is 0.146. The van der Waals surface area contributed by atoms with Crippen molar-refractivity contribution in [1.29, 1.82) is 0 Å². The highest BCUT2D eigenvalue weighted by Gasteiger charge is 2.17. The van der Waals surface area contributed by atoms with E-state index in [-0.39, 0.29) is 27.1 Å². The Morgan fingerprint density at radius 2 is 1.57 bits per heavy atom. The topological polar surface area (TPSA) is 106 Å². The summed E-state index contributed by atoms with van der Waals surface area (Å²) in [6, 6.07) is 15.6. The van der Waals surface area contributed by atoms with Crippen molar-refractivity contribution in [3.05, 3.63) is 86.9 Å². The maximum atomic E-state index is 12.4. The Bertz CT molecular complexity index is 1330. The van der Waals surface area contributed by atoms with Crippen molar-refractivity contribution < 1.29 is 23.9 Å². The molecule has 11 heteroatoms. The number of nitrogens with zero attached hydrogens (tertiary/aromatic N) is 1. The molecule has 0 unspecified atom stereocenters. The minimum absolute atomic E-state index is 0.166. The Morgan fingerprint density at radius 3 is 2.26 bits per heavy atom. The van der Waals surface area contributed by atoms with Gasteiger partial charge in [0, 0.05) is 11.3 Å². The van der Waals surface area contributed by atoms with E-state index in [0.29, 0.717) is 22.0 Å². The van der Waals surface area contributed by atoms with Crippen molar-refractivity contribution in [1.82, 2.24) is 5.43 Å². The van der Waals surface area contributed by atoms with Crippen LogP contribution in [0.25, 0.3) is 0 Å². The van der Waals surface area contributed by atoms with Crippen LogP contribution >= 0.6 is 34.8 Å². The molecule has 3 rings (SSSR count). The van der Waals surface area contributed by atoms with Crippen LogP contribution in [-0.2, 0) is 9.59 Å². The molecule has 0 spiro atoms. The number of esters is 1. The molecule has 0 heterocycles. The van der Waals surface area contributed by atoms with Crippen LogP contribution in [0.4, 0.5) is 5.69 Å². The van der Waals surface area contributed by atoms with E-state index in [4.69, 9.17) is 44.3 Å². The molecule has 0 fully saturated rings. The number of hydrogen-bond donors (Lipinski definition) is 2. The third-order valence-electron chi connectivity index (χ3n) is 4.59. The van der Waals surface area contributed by atoms with Gasteiger partial charge in [0.25, 0.3) is 0 Å². The van der Waals surface area contributed by atoms with Gasteiger partial charge in [0.05, 0.1) is 33.5 Å². The van der Waals surface area contributed by atoms with Crippen LogP contribution in [0, 0.1) is 0 Å². The SMILES string of the molecule is COc1cc(C(C)=NNC(=O)C(=O)Nc2ccc(Cl)c(Cl)c2)ccc1OC(=O)c1ccccc1Cl. The summed E-state index contributed by atoms with van der Waals surface area (Å²) in [5.74, 6) is -2.17. The van der Waals surface area contributed by atoms with E-state index < -0.39 is 17.8 Å². The summed E-state index contributed by atoms with van der Waals surface area (Å²) in [7, 11) is 1.41. The molecule has 0 bridgehead atoms. The predicted molar refractivity (Wildman–Crippen MR) is 135 cm³/mol. The molecular formula is C24H18Cl3N3O5. The van der Waals surface area contributed by atoms with Gasteiger partial charge in [-0.1, -0.05) is 46.9 Å². The third kappa shape index (κ3) is 6.73. The van der Waals surface area contributed by atoms with Crippen molar-refractivity contribution in [2.75, 3.05) is 12.4 Å². The summed E-state index contributed by atoms with van der Waals surface area (Å²) < 4.78 is 10.7. The molecule has 0 saturated heterocycles. The zero-order chi connectivity index (χ0) is 25.5. The third-order valence-corrected chi connectivity index (χ3v) is 5.66. The molecular weight excluding hydrogens is 517 g/mol. The smallest absolute Gasteiger partial charge is 0.345 e. The van der Waals surface area contributed by atoms with E-state index in [2.05, 4.69) is 15.8 Å². The summed E-state index contributed by atoms with van der Waals surface area (Å²) in [5.41, 5.74) is 3.59. The molecule has 35 heavy (non-hydrogen) atoms. The van der Waals surface area contributed by atoms with Gasteiger partial charge in [-0.15, -0.1) is 0 Å². The Hall–Kier alpha value is -3.59. The second-order valence-electron chi connectivity index (χ2n) is 6.96. The second-order valence-corrected chi connectivity index (χ2v) is 8.18. The highest BCUT2D eigenvalue weighted by molar-refractivity contribution is 6.43. The highest BCUT2D eigenvalue weighted by atomic mass is 35.5. The van der Waals surface area contributed by atoms with Crippen LogP contribution in [0.15, 0.2) is 65.8 Å². The molecule has 3 aromatic carbocycles. The fraction of sp³-hybridized carbons (Fsp3) is 0.0833. The van der Waals surface area contributed by atoms with E-state index in [9.17, 15) is 14.4 Å². The van der Waals surface area contributed by atoms with Gasteiger partial charge in [-0.2, -0.15) is 5.10 Å². The maximum Gasteiger partial charge on any atom is 0.345 e. The van der Waals surface area contributed by atoms with E-state index in [1.54, 1.807) is 43.3 Å². The predicted octanol–water partition coefficient (Wildman–Crippen LogP) is 5.35. The first-order valence-electron chi connectivity index (χ1n) is 9.95. The van der Waals surface area contributed by atoms with Gasteiger partial charge >= 0.3 is 17.8 Å². The number of ether oxygens (including phenoxy) is 2. The van der Waals surface area contributed by atoms with Gasteiger partial charge < -0.3 is 14.8 Å². The lowest BCUT2D eigenvalue weighted by atomic mass is 10.1. The Balaban J connectivity index is 1.67. The van der Waals surface area contributed by atoms with Gasteiger partial charge in [-0.05, 0) is 55.5 Å². The number of amides is 2. The van der Waals surface area contributed by atoms with Crippen molar-refractivity contribution in [3.63, 3.8) is 0 Å². The molecule has 0 aliphatic rings. The van der Waals surface area contributed by atoms with Crippen LogP contribution in [0.2, 0.25) is 15.1 Å². The van der Waals surface area contributed by atoms with Crippen LogP contribution < -0.4 is 20.2 Å². The average Bonchev–Trinajstić information content (AvgIpc) is 2.84. The molecule has 0 atom stereocenters. The molecule has 0 aliphatic heterocycles. The standard InChI is InChI=1S/C24H18Cl3N3O5/c1-13(29-30-23(32)22(31)28-15-8-9-18(26)19(27)12-15)14-7-10-20(21(11-14)34-2)35-24(33)16-5-3-4-6-17(16)25/h3-12H,1-2H3,(H,28,31)(H,30,32). The van der Waals surface area contributed by atoms with Crippen LogP contribution in [0.3, 0.4) is 0 Å². The summed E-state index contributed by atoms with van der Waals surface area (Å²) in [4.78, 5) is 36.7. The van der Waals surface area contributed by atoms with Crippen LogP contribution in [0.1, 0.15) is 22.8 Å². The first kappa shape index (κ1) is 26.0. The van der Waals surface area contributed by atoms with Crippen molar-refractivity contribution >= 4 is 64.0 Å². The lowest BCUT2D eigenvalue weighted by Gasteiger charge is -2.11. The lowest BCUT2D eigenvalue weighted by molar-refractivity contribution is -0.136. The fourth-order valence-corrected chi connectivity index (χ4v) is 3.28. The number of benzene rings is 3. The zero-order valence-corrected chi connectivity index (χ0v) is 20.7. The number of anilines is 1. The maximum absolute atomic E-state index is 12.4. The first-order chi connectivity index (χ1) is 16.7. The molecule has 0 aromatic heterocycles. The Kier molecular flexibility index (Phi) is 8.70. The number of hydrazone groups is 1. The molecule has 0 radical (unpaired) electrons. The molecule has 2 amide bonds. The minimum Gasteiger partial charge on any atom is -0.493 e.